The Labute approximate surface area is 105 Å². The van der Waals surface area contributed by atoms with Crippen molar-refractivity contribution in [2.75, 3.05) is 5.73 Å². The molecule has 1 aromatic carbocycles. The van der Waals surface area contributed by atoms with Gasteiger partial charge in [-0.2, -0.15) is 5.10 Å². The van der Waals surface area contributed by atoms with E-state index in [1.54, 1.807) is 18.5 Å². The Kier molecular flexibility index (Phi) is 3.62. The lowest BCUT2D eigenvalue weighted by Crippen LogP contribution is -2.27. The predicted molar refractivity (Wildman–Crippen MR) is 69.7 cm³/mol. The second-order valence-electron chi connectivity index (χ2n) is 4.24. The van der Waals surface area contributed by atoms with Crippen LogP contribution in [0.3, 0.4) is 0 Å². The average molecular weight is 244 g/mol. The zero-order valence-corrected chi connectivity index (χ0v) is 10.2. The van der Waals surface area contributed by atoms with Gasteiger partial charge in [0.1, 0.15) is 0 Å². The topological polar surface area (TPSA) is 83.8 Å². The van der Waals surface area contributed by atoms with E-state index >= 15 is 0 Å². The minimum Gasteiger partial charge on any atom is -0.399 e. The first-order chi connectivity index (χ1) is 8.65. The van der Waals surface area contributed by atoms with Gasteiger partial charge in [-0.05, 0) is 24.6 Å². The lowest BCUT2D eigenvalue weighted by molar-refractivity contribution is -0.121. The zero-order valence-electron chi connectivity index (χ0n) is 10.2. The van der Waals surface area contributed by atoms with E-state index in [1.165, 1.54) is 0 Å². The molecule has 4 N–H and O–H groups in total. The third kappa shape index (κ3) is 3.10. The Balaban J connectivity index is 1.93. The molecule has 1 aromatic heterocycles. The van der Waals surface area contributed by atoms with Crippen molar-refractivity contribution >= 4 is 11.6 Å². The molecule has 18 heavy (non-hydrogen) atoms. The van der Waals surface area contributed by atoms with E-state index in [0.717, 1.165) is 11.1 Å². The number of anilines is 1. The average Bonchev–Trinajstić information content (AvgIpc) is 2.81. The van der Waals surface area contributed by atoms with Gasteiger partial charge in [0.25, 0.3) is 0 Å². The number of benzene rings is 1. The Morgan fingerprint density at radius 3 is 3.06 bits per heavy atom. The summed E-state index contributed by atoms with van der Waals surface area (Å²) in [4.78, 5) is 11.8. The van der Waals surface area contributed by atoms with Crippen LogP contribution in [0, 0.1) is 0 Å². The van der Waals surface area contributed by atoms with Gasteiger partial charge in [0.15, 0.2) is 0 Å². The van der Waals surface area contributed by atoms with Gasteiger partial charge in [0.05, 0.1) is 18.7 Å². The summed E-state index contributed by atoms with van der Waals surface area (Å²) in [7, 11) is 0. The number of hydrogen-bond donors (Lipinski definition) is 3. The van der Waals surface area contributed by atoms with Crippen molar-refractivity contribution in [3.8, 4) is 0 Å². The number of nitrogens with one attached hydrogen (secondary N) is 2. The molecule has 0 spiro atoms. The van der Waals surface area contributed by atoms with Crippen LogP contribution < -0.4 is 11.1 Å². The van der Waals surface area contributed by atoms with Crippen LogP contribution >= 0.6 is 0 Å². The van der Waals surface area contributed by atoms with Crippen molar-refractivity contribution in [2.24, 2.45) is 0 Å². The normalized spacial score (nSPS) is 12.1. The van der Waals surface area contributed by atoms with Crippen molar-refractivity contribution in [2.45, 2.75) is 19.4 Å². The van der Waals surface area contributed by atoms with Crippen molar-refractivity contribution in [1.29, 1.82) is 0 Å². The Bertz CT molecular complexity index is 522. The SMILES string of the molecule is CC(NC(=O)Cc1cccc(N)c1)c1cn[nH]c1. The number of nitrogens with zero attached hydrogens (tertiary/aromatic N) is 1. The van der Waals surface area contributed by atoms with Gasteiger partial charge in [-0.15, -0.1) is 0 Å². The van der Waals surface area contributed by atoms with Gasteiger partial charge in [-0.25, -0.2) is 0 Å². The molecule has 1 amide bonds. The van der Waals surface area contributed by atoms with Gasteiger partial charge in [-0.1, -0.05) is 12.1 Å². The third-order valence-corrected chi connectivity index (χ3v) is 2.71. The van der Waals surface area contributed by atoms with Gasteiger partial charge < -0.3 is 11.1 Å². The number of nitrogen functional groups attached to an aromatic ring is 1. The predicted octanol–water partition coefficient (Wildman–Crippen LogP) is 1.41. The number of carbonyl (C=O) groups is 1. The van der Waals surface area contributed by atoms with Crippen LogP contribution in [-0.4, -0.2) is 16.1 Å². The maximum absolute atomic E-state index is 11.8. The quantitative estimate of drug-likeness (QED) is 0.711. The maximum Gasteiger partial charge on any atom is 0.224 e. The fraction of sp³-hybridized carbons (Fsp3) is 0.231. The molecule has 0 bridgehead atoms. The summed E-state index contributed by atoms with van der Waals surface area (Å²) < 4.78 is 0. The smallest absolute Gasteiger partial charge is 0.224 e. The molecule has 94 valence electrons. The lowest BCUT2D eigenvalue weighted by atomic mass is 10.1. The molecule has 1 heterocycles. The summed E-state index contributed by atoms with van der Waals surface area (Å²) in [5.74, 6) is -0.0331. The number of rotatable bonds is 4. The summed E-state index contributed by atoms with van der Waals surface area (Å²) in [5, 5.41) is 9.49. The molecule has 2 rings (SSSR count). The molecule has 0 aliphatic heterocycles. The molecule has 0 saturated carbocycles. The van der Waals surface area contributed by atoms with Crippen LogP contribution in [0.25, 0.3) is 0 Å². The van der Waals surface area contributed by atoms with Crippen LogP contribution in [-0.2, 0) is 11.2 Å². The fourth-order valence-electron chi connectivity index (χ4n) is 1.76. The van der Waals surface area contributed by atoms with Crippen LogP contribution in [0.1, 0.15) is 24.1 Å². The van der Waals surface area contributed by atoms with Crippen molar-refractivity contribution < 1.29 is 4.79 Å². The van der Waals surface area contributed by atoms with E-state index < -0.39 is 0 Å². The third-order valence-electron chi connectivity index (χ3n) is 2.71. The number of H-pyrrole nitrogens is 1. The molecule has 0 aliphatic carbocycles. The van der Waals surface area contributed by atoms with Crippen LogP contribution in [0.5, 0.6) is 0 Å². The zero-order chi connectivity index (χ0) is 13.0. The number of aromatic amines is 1. The first-order valence-electron chi connectivity index (χ1n) is 5.77. The summed E-state index contributed by atoms with van der Waals surface area (Å²) in [6.45, 7) is 1.92. The molecule has 0 fully saturated rings. The number of hydrogen-bond acceptors (Lipinski definition) is 3. The van der Waals surface area contributed by atoms with E-state index in [2.05, 4.69) is 15.5 Å². The summed E-state index contributed by atoms with van der Waals surface area (Å²) in [5.41, 5.74) is 8.20. The van der Waals surface area contributed by atoms with Gasteiger partial charge in [0.2, 0.25) is 5.91 Å². The molecule has 0 saturated heterocycles. The van der Waals surface area contributed by atoms with Crippen LogP contribution in [0.4, 0.5) is 5.69 Å². The molecular weight excluding hydrogens is 228 g/mol. The largest absolute Gasteiger partial charge is 0.399 e. The second kappa shape index (κ2) is 5.35. The summed E-state index contributed by atoms with van der Waals surface area (Å²) in [6.07, 6.45) is 3.80. The van der Waals surface area contributed by atoms with Gasteiger partial charge >= 0.3 is 0 Å². The van der Waals surface area contributed by atoms with Crippen molar-refractivity contribution in [3.63, 3.8) is 0 Å². The molecule has 1 atom stereocenters. The number of aromatic nitrogens is 2. The molecule has 5 nitrogen and oxygen atoms in total. The minimum atomic E-state index is -0.0580. The Morgan fingerprint density at radius 1 is 1.56 bits per heavy atom. The highest BCUT2D eigenvalue weighted by Crippen LogP contribution is 2.11. The highest BCUT2D eigenvalue weighted by Gasteiger charge is 2.10. The molecule has 5 heteroatoms. The van der Waals surface area contributed by atoms with E-state index in [4.69, 9.17) is 5.73 Å². The van der Waals surface area contributed by atoms with E-state index in [1.807, 2.05) is 25.1 Å². The van der Waals surface area contributed by atoms with Gasteiger partial charge in [0, 0.05) is 17.4 Å². The number of nitrogens with two attached hydrogens (primary N) is 1. The Morgan fingerprint density at radius 2 is 2.39 bits per heavy atom. The minimum absolute atomic E-state index is 0.0331. The maximum atomic E-state index is 11.8. The molecule has 0 radical (unpaired) electrons. The van der Waals surface area contributed by atoms with Crippen LogP contribution in [0.2, 0.25) is 0 Å². The molecule has 0 aliphatic rings. The van der Waals surface area contributed by atoms with Crippen LogP contribution in [0.15, 0.2) is 36.7 Å². The van der Waals surface area contributed by atoms with E-state index in [-0.39, 0.29) is 11.9 Å². The Hall–Kier alpha value is -2.30. The highest BCUT2D eigenvalue weighted by molar-refractivity contribution is 5.79. The highest BCUT2D eigenvalue weighted by atomic mass is 16.1. The molecule has 1 unspecified atom stereocenters. The van der Waals surface area contributed by atoms with E-state index in [0.29, 0.717) is 12.1 Å². The van der Waals surface area contributed by atoms with Gasteiger partial charge in [-0.3, -0.25) is 9.89 Å². The summed E-state index contributed by atoms with van der Waals surface area (Å²) >= 11 is 0. The molecule has 2 aromatic rings. The van der Waals surface area contributed by atoms with Crippen molar-refractivity contribution in [3.05, 3.63) is 47.8 Å². The second-order valence-corrected chi connectivity index (χ2v) is 4.24. The fourth-order valence-corrected chi connectivity index (χ4v) is 1.76. The first kappa shape index (κ1) is 12.2. The monoisotopic (exact) mass is 244 g/mol. The standard InChI is InChI=1S/C13H16N4O/c1-9(11-7-15-16-8-11)17-13(18)6-10-3-2-4-12(14)5-10/h2-5,7-9H,6,14H2,1H3,(H,15,16)(H,17,18). The van der Waals surface area contributed by atoms with E-state index in [9.17, 15) is 4.79 Å². The lowest BCUT2D eigenvalue weighted by Gasteiger charge is -2.12. The first-order valence-corrected chi connectivity index (χ1v) is 5.77. The number of carbonyl (C=O) groups excluding carboxylic acids is 1. The number of amides is 1. The molecular formula is C13H16N4O. The summed E-state index contributed by atoms with van der Waals surface area (Å²) in [6, 6.07) is 7.28. The van der Waals surface area contributed by atoms with Crippen molar-refractivity contribution in [1.82, 2.24) is 15.5 Å².